The van der Waals surface area contributed by atoms with Crippen LogP contribution in [0.25, 0.3) is 0 Å². The van der Waals surface area contributed by atoms with E-state index in [9.17, 15) is 4.79 Å². The average molecular weight is 295 g/mol. The number of rotatable bonds is 9. The van der Waals surface area contributed by atoms with E-state index in [4.69, 9.17) is 14.2 Å². The number of hydrogen-bond acceptors (Lipinski definition) is 5. The van der Waals surface area contributed by atoms with E-state index in [1.54, 1.807) is 6.92 Å². The Morgan fingerprint density at radius 2 is 1.90 bits per heavy atom. The molecule has 5 heteroatoms. The summed E-state index contributed by atoms with van der Waals surface area (Å²) in [5, 5.41) is 3.35. The lowest BCUT2D eigenvalue weighted by Gasteiger charge is -2.14. The van der Waals surface area contributed by atoms with Gasteiger partial charge in [-0.2, -0.15) is 0 Å². The fourth-order valence-corrected chi connectivity index (χ4v) is 1.71. The lowest BCUT2D eigenvalue weighted by atomic mass is 10.2. The van der Waals surface area contributed by atoms with E-state index in [2.05, 4.69) is 19.2 Å². The molecular formula is C16H25NO4. The second kappa shape index (κ2) is 9.23. The van der Waals surface area contributed by atoms with Crippen molar-refractivity contribution in [3.63, 3.8) is 0 Å². The van der Waals surface area contributed by atoms with Gasteiger partial charge in [0, 0.05) is 12.6 Å². The second-order valence-electron chi connectivity index (χ2n) is 4.84. The van der Waals surface area contributed by atoms with Crippen LogP contribution in [-0.4, -0.2) is 31.8 Å². The molecule has 1 N–H and O–H groups in total. The van der Waals surface area contributed by atoms with Crippen LogP contribution >= 0.6 is 0 Å². The van der Waals surface area contributed by atoms with Gasteiger partial charge in [-0.25, -0.2) is 4.79 Å². The van der Waals surface area contributed by atoms with E-state index in [0.717, 1.165) is 12.1 Å². The Labute approximate surface area is 126 Å². The molecule has 21 heavy (non-hydrogen) atoms. The molecule has 0 aromatic heterocycles. The first kappa shape index (κ1) is 17.3. The molecular weight excluding hydrogens is 270 g/mol. The fraction of sp³-hybridized carbons (Fsp3) is 0.562. The molecule has 5 nitrogen and oxygen atoms in total. The van der Waals surface area contributed by atoms with Crippen LogP contribution in [-0.2, 0) is 16.1 Å². The summed E-state index contributed by atoms with van der Waals surface area (Å²) in [4.78, 5) is 11.3. The van der Waals surface area contributed by atoms with E-state index >= 15 is 0 Å². The average Bonchev–Trinajstić information content (AvgIpc) is 2.44. The Bertz CT molecular complexity index is 446. The molecule has 1 rings (SSSR count). The van der Waals surface area contributed by atoms with Crippen molar-refractivity contribution in [1.29, 1.82) is 0 Å². The second-order valence-corrected chi connectivity index (χ2v) is 4.84. The van der Waals surface area contributed by atoms with E-state index in [1.165, 1.54) is 0 Å². The van der Waals surface area contributed by atoms with Gasteiger partial charge < -0.3 is 19.5 Å². The van der Waals surface area contributed by atoms with Crippen LogP contribution in [0.1, 0.15) is 33.3 Å². The van der Waals surface area contributed by atoms with Crippen molar-refractivity contribution in [3.8, 4) is 11.5 Å². The predicted octanol–water partition coefficient (Wildman–Crippen LogP) is 2.53. The third kappa shape index (κ3) is 6.49. The van der Waals surface area contributed by atoms with Gasteiger partial charge in [-0.1, -0.05) is 19.9 Å². The van der Waals surface area contributed by atoms with Gasteiger partial charge in [-0.05, 0) is 31.5 Å². The summed E-state index contributed by atoms with van der Waals surface area (Å²) in [6.45, 7) is 9.40. The number of ether oxygens (including phenoxy) is 3. The topological polar surface area (TPSA) is 56.8 Å². The molecule has 118 valence electrons. The van der Waals surface area contributed by atoms with E-state index in [-0.39, 0.29) is 12.6 Å². The standard InChI is InChI=1S/C16H25NO4/c1-5-19-15-9-13(10-17-12(3)4)7-8-14(15)21-11-16(18)20-6-2/h7-9,12,17H,5-6,10-11H2,1-4H3. The van der Waals surface area contributed by atoms with E-state index in [0.29, 0.717) is 30.8 Å². The maximum Gasteiger partial charge on any atom is 0.344 e. The molecule has 0 saturated carbocycles. The first-order valence-electron chi connectivity index (χ1n) is 7.34. The van der Waals surface area contributed by atoms with Crippen LogP contribution in [0.2, 0.25) is 0 Å². The molecule has 0 radical (unpaired) electrons. The maximum atomic E-state index is 11.3. The minimum atomic E-state index is -0.384. The zero-order valence-corrected chi connectivity index (χ0v) is 13.3. The quantitative estimate of drug-likeness (QED) is 0.709. The zero-order chi connectivity index (χ0) is 15.7. The summed E-state index contributed by atoms with van der Waals surface area (Å²) in [5.74, 6) is 0.813. The van der Waals surface area contributed by atoms with Gasteiger partial charge in [-0.15, -0.1) is 0 Å². The molecule has 0 aliphatic rings. The molecule has 0 fully saturated rings. The monoisotopic (exact) mass is 295 g/mol. The van der Waals surface area contributed by atoms with Crippen LogP contribution in [0.5, 0.6) is 11.5 Å². The summed E-state index contributed by atoms with van der Waals surface area (Å²) in [6, 6.07) is 6.12. The Hall–Kier alpha value is -1.75. The number of carbonyl (C=O) groups is 1. The van der Waals surface area contributed by atoms with Crippen molar-refractivity contribution >= 4 is 5.97 Å². The van der Waals surface area contributed by atoms with Crippen LogP contribution in [0.4, 0.5) is 0 Å². The minimum absolute atomic E-state index is 0.114. The van der Waals surface area contributed by atoms with Crippen molar-refractivity contribution in [2.45, 2.75) is 40.3 Å². The lowest BCUT2D eigenvalue weighted by molar-refractivity contribution is -0.145. The Kier molecular flexibility index (Phi) is 7.61. The van der Waals surface area contributed by atoms with Crippen molar-refractivity contribution in [2.24, 2.45) is 0 Å². The van der Waals surface area contributed by atoms with Gasteiger partial charge in [-0.3, -0.25) is 0 Å². The maximum absolute atomic E-state index is 11.3. The first-order chi connectivity index (χ1) is 10.1. The number of carbonyl (C=O) groups excluding carboxylic acids is 1. The molecule has 0 saturated heterocycles. The van der Waals surface area contributed by atoms with Gasteiger partial charge in [0.05, 0.1) is 13.2 Å². The molecule has 0 bridgehead atoms. The van der Waals surface area contributed by atoms with Gasteiger partial charge in [0.15, 0.2) is 18.1 Å². The van der Waals surface area contributed by atoms with Crippen molar-refractivity contribution in [1.82, 2.24) is 5.32 Å². The normalized spacial score (nSPS) is 10.5. The van der Waals surface area contributed by atoms with Crippen molar-refractivity contribution < 1.29 is 19.0 Å². The van der Waals surface area contributed by atoms with Gasteiger partial charge in [0.2, 0.25) is 0 Å². The lowest BCUT2D eigenvalue weighted by Crippen LogP contribution is -2.21. The molecule has 0 atom stereocenters. The van der Waals surface area contributed by atoms with Crippen LogP contribution in [0, 0.1) is 0 Å². The van der Waals surface area contributed by atoms with Crippen LogP contribution < -0.4 is 14.8 Å². The summed E-state index contributed by atoms with van der Waals surface area (Å²) in [7, 11) is 0. The summed E-state index contributed by atoms with van der Waals surface area (Å²) < 4.78 is 15.9. The van der Waals surface area contributed by atoms with Gasteiger partial charge in [0.25, 0.3) is 0 Å². The highest BCUT2D eigenvalue weighted by Gasteiger charge is 2.10. The SMILES string of the molecule is CCOC(=O)COc1ccc(CNC(C)C)cc1OCC. The Morgan fingerprint density at radius 1 is 1.14 bits per heavy atom. The highest BCUT2D eigenvalue weighted by molar-refractivity contribution is 5.71. The minimum Gasteiger partial charge on any atom is -0.490 e. The van der Waals surface area contributed by atoms with Crippen LogP contribution in [0.3, 0.4) is 0 Å². The number of hydrogen-bond donors (Lipinski definition) is 1. The highest BCUT2D eigenvalue weighted by atomic mass is 16.6. The number of nitrogens with one attached hydrogen (secondary N) is 1. The van der Waals surface area contributed by atoms with E-state index < -0.39 is 0 Å². The molecule has 0 unspecified atom stereocenters. The fourth-order valence-electron chi connectivity index (χ4n) is 1.71. The molecule has 0 amide bonds. The predicted molar refractivity (Wildman–Crippen MR) is 81.7 cm³/mol. The molecule has 0 spiro atoms. The summed E-state index contributed by atoms with van der Waals surface area (Å²) in [6.07, 6.45) is 0. The highest BCUT2D eigenvalue weighted by Crippen LogP contribution is 2.28. The van der Waals surface area contributed by atoms with Gasteiger partial charge >= 0.3 is 5.97 Å². The van der Waals surface area contributed by atoms with Crippen molar-refractivity contribution in [2.75, 3.05) is 19.8 Å². The molecule has 1 aromatic rings. The van der Waals surface area contributed by atoms with Crippen molar-refractivity contribution in [3.05, 3.63) is 23.8 Å². The number of benzene rings is 1. The molecule has 0 aliphatic heterocycles. The Balaban J connectivity index is 2.71. The summed E-state index contributed by atoms with van der Waals surface area (Å²) >= 11 is 0. The zero-order valence-electron chi connectivity index (χ0n) is 13.3. The molecule has 0 aliphatic carbocycles. The largest absolute Gasteiger partial charge is 0.490 e. The molecule has 0 heterocycles. The Morgan fingerprint density at radius 3 is 2.52 bits per heavy atom. The number of esters is 1. The molecule has 1 aromatic carbocycles. The van der Waals surface area contributed by atoms with Gasteiger partial charge in [0.1, 0.15) is 0 Å². The third-order valence-electron chi connectivity index (χ3n) is 2.67. The summed E-state index contributed by atoms with van der Waals surface area (Å²) in [5.41, 5.74) is 1.11. The van der Waals surface area contributed by atoms with E-state index in [1.807, 2.05) is 25.1 Å². The van der Waals surface area contributed by atoms with Crippen LogP contribution in [0.15, 0.2) is 18.2 Å². The smallest absolute Gasteiger partial charge is 0.344 e. The third-order valence-corrected chi connectivity index (χ3v) is 2.67. The first-order valence-corrected chi connectivity index (χ1v) is 7.34.